The van der Waals surface area contributed by atoms with E-state index in [-0.39, 0.29) is 17.2 Å². The van der Waals surface area contributed by atoms with Crippen LogP contribution in [0.3, 0.4) is 0 Å². The van der Waals surface area contributed by atoms with E-state index in [0.29, 0.717) is 5.02 Å². The molecule has 3 rings (SSSR count). The van der Waals surface area contributed by atoms with Crippen LogP contribution in [0.2, 0.25) is 5.02 Å². The van der Waals surface area contributed by atoms with Gasteiger partial charge < -0.3 is 10.2 Å². The smallest absolute Gasteiger partial charge is 0.233 e. The fourth-order valence-electron chi connectivity index (χ4n) is 3.63. The number of thioether (sulfide) groups is 1. The van der Waals surface area contributed by atoms with Crippen LogP contribution in [0.1, 0.15) is 51.6 Å². The lowest BCUT2D eigenvalue weighted by Crippen LogP contribution is -2.34. The van der Waals surface area contributed by atoms with Gasteiger partial charge in [-0.2, -0.15) is 0 Å². The Morgan fingerprint density at radius 3 is 2.34 bits per heavy atom. The van der Waals surface area contributed by atoms with Gasteiger partial charge in [-0.25, -0.2) is 0 Å². The molecular weight excluding hydrogens is 400 g/mol. The number of carbonyl (C=O) groups excluding carboxylic acids is 1. The largest absolute Gasteiger partial charge is 0.372 e. The number of piperidine rings is 1. The lowest BCUT2D eigenvalue weighted by atomic mass is 9.98. The van der Waals surface area contributed by atoms with Gasteiger partial charge in [-0.1, -0.05) is 37.6 Å². The van der Waals surface area contributed by atoms with Gasteiger partial charge in [0.2, 0.25) is 5.91 Å². The number of hydrogen-bond donors (Lipinski definition) is 1. The molecule has 2 aromatic carbocycles. The van der Waals surface area contributed by atoms with Crippen LogP contribution in [0.15, 0.2) is 53.4 Å². The first-order valence-electron chi connectivity index (χ1n) is 10.5. The predicted octanol–water partition coefficient (Wildman–Crippen LogP) is 6.32. The van der Waals surface area contributed by atoms with Gasteiger partial charge in [0, 0.05) is 28.7 Å². The van der Waals surface area contributed by atoms with Crippen LogP contribution in [0.5, 0.6) is 0 Å². The van der Waals surface area contributed by atoms with E-state index < -0.39 is 0 Å². The molecule has 29 heavy (non-hydrogen) atoms. The number of benzene rings is 2. The van der Waals surface area contributed by atoms with E-state index >= 15 is 0 Å². The van der Waals surface area contributed by atoms with Crippen LogP contribution >= 0.6 is 23.4 Å². The van der Waals surface area contributed by atoms with Crippen LogP contribution in [0.25, 0.3) is 0 Å². The number of nitrogens with zero attached hydrogens (tertiary/aromatic N) is 1. The maximum atomic E-state index is 12.8. The Hall–Kier alpha value is -1.65. The van der Waals surface area contributed by atoms with Crippen LogP contribution in [0, 0.1) is 5.92 Å². The molecule has 1 aliphatic rings. The maximum absolute atomic E-state index is 12.8. The summed E-state index contributed by atoms with van der Waals surface area (Å²) in [6.45, 7) is 8.70. The van der Waals surface area contributed by atoms with Crippen LogP contribution in [-0.2, 0) is 4.79 Å². The van der Waals surface area contributed by atoms with Crippen molar-refractivity contribution >= 4 is 35.0 Å². The molecule has 2 aromatic rings. The SMILES string of the molecule is CC[C@@H](Sc1ccc(Cl)cc1)C(=O)N[C@@H](C)c1ccc(N2CCC(C)CC2)cc1. The summed E-state index contributed by atoms with van der Waals surface area (Å²) in [4.78, 5) is 16.3. The molecule has 1 aliphatic heterocycles. The molecule has 0 aliphatic carbocycles. The van der Waals surface area contributed by atoms with Crippen LogP contribution in [0.4, 0.5) is 5.69 Å². The third-order valence-electron chi connectivity index (χ3n) is 5.66. The zero-order chi connectivity index (χ0) is 20.8. The van der Waals surface area contributed by atoms with E-state index in [1.54, 1.807) is 11.8 Å². The first-order chi connectivity index (χ1) is 14.0. The highest BCUT2D eigenvalue weighted by Crippen LogP contribution is 2.28. The zero-order valence-electron chi connectivity index (χ0n) is 17.5. The number of amides is 1. The van der Waals surface area contributed by atoms with E-state index in [9.17, 15) is 4.79 Å². The molecule has 156 valence electrons. The summed E-state index contributed by atoms with van der Waals surface area (Å²) in [5.41, 5.74) is 2.42. The summed E-state index contributed by atoms with van der Waals surface area (Å²) in [6.07, 6.45) is 3.30. The molecule has 0 spiro atoms. The molecule has 0 saturated carbocycles. The van der Waals surface area contributed by atoms with Crippen molar-refractivity contribution in [3.8, 4) is 0 Å². The van der Waals surface area contributed by atoms with Gasteiger partial charge in [-0.3, -0.25) is 4.79 Å². The van der Waals surface area contributed by atoms with Crippen molar-refractivity contribution in [2.45, 2.75) is 56.2 Å². The first kappa shape index (κ1) is 22.0. The summed E-state index contributed by atoms with van der Waals surface area (Å²) in [7, 11) is 0. The molecular formula is C24H31ClN2OS. The Morgan fingerprint density at radius 2 is 1.76 bits per heavy atom. The van der Waals surface area contributed by atoms with E-state index in [4.69, 9.17) is 11.6 Å². The minimum absolute atomic E-state index is 0.0159. The monoisotopic (exact) mass is 430 g/mol. The molecule has 5 heteroatoms. The number of rotatable bonds is 7. The average Bonchev–Trinajstić information content (AvgIpc) is 2.74. The van der Waals surface area contributed by atoms with Gasteiger partial charge >= 0.3 is 0 Å². The van der Waals surface area contributed by atoms with Crippen molar-refractivity contribution in [1.82, 2.24) is 5.32 Å². The van der Waals surface area contributed by atoms with Gasteiger partial charge in [0.05, 0.1) is 11.3 Å². The highest BCUT2D eigenvalue weighted by molar-refractivity contribution is 8.00. The van der Waals surface area contributed by atoms with Crippen LogP contribution in [-0.4, -0.2) is 24.2 Å². The minimum Gasteiger partial charge on any atom is -0.372 e. The lowest BCUT2D eigenvalue weighted by Gasteiger charge is -2.32. The zero-order valence-corrected chi connectivity index (χ0v) is 19.1. The predicted molar refractivity (Wildman–Crippen MR) is 125 cm³/mol. The molecule has 3 nitrogen and oxygen atoms in total. The second kappa shape index (κ2) is 10.4. The summed E-state index contributed by atoms with van der Waals surface area (Å²) in [5.74, 6) is 0.909. The van der Waals surface area contributed by atoms with Crippen molar-refractivity contribution < 1.29 is 4.79 Å². The lowest BCUT2D eigenvalue weighted by molar-refractivity contribution is -0.121. The fraction of sp³-hybridized carbons (Fsp3) is 0.458. The second-order valence-corrected chi connectivity index (χ2v) is 9.67. The van der Waals surface area contributed by atoms with E-state index in [1.165, 1.54) is 18.5 Å². The molecule has 1 heterocycles. The van der Waals surface area contributed by atoms with Gasteiger partial charge in [0.1, 0.15) is 0 Å². The topological polar surface area (TPSA) is 32.3 Å². The van der Waals surface area contributed by atoms with Crippen molar-refractivity contribution in [3.05, 3.63) is 59.1 Å². The van der Waals surface area contributed by atoms with Crippen molar-refractivity contribution in [2.75, 3.05) is 18.0 Å². The van der Waals surface area contributed by atoms with Crippen LogP contribution < -0.4 is 10.2 Å². The van der Waals surface area contributed by atoms with Crippen molar-refractivity contribution in [2.24, 2.45) is 5.92 Å². The number of anilines is 1. The Bertz CT molecular complexity index is 786. The molecule has 1 amide bonds. The maximum Gasteiger partial charge on any atom is 0.233 e. The van der Waals surface area contributed by atoms with E-state index in [1.807, 2.05) is 31.2 Å². The molecule has 0 bridgehead atoms. The molecule has 2 atom stereocenters. The van der Waals surface area contributed by atoms with Crippen molar-refractivity contribution in [1.29, 1.82) is 0 Å². The molecule has 0 radical (unpaired) electrons. The minimum atomic E-state index is -0.117. The van der Waals surface area contributed by atoms with Gasteiger partial charge in [-0.05, 0) is 74.1 Å². The molecule has 1 N–H and O–H groups in total. The number of carbonyl (C=O) groups is 1. The first-order valence-corrected chi connectivity index (χ1v) is 11.8. The third-order valence-corrected chi connectivity index (χ3v) is 7.28. The quantitative estimate of drug-likeness (QED) is 0.521. The summed E-state index contributed by atoms with van der Waals surface area (Å²) in [5, 5.41) is 3.78. The molecule has 0 unspecified atom stereocenters. The Balaban J connectivity index is 1.57. The second-order valence-electron chi connectivity index (χ2n) is 7.96. The Labute approximate surface area is 184 Å². The van der Waals surface area contributed by atoms with Gasteiger partial charge in [0.25, 0.3) is 0 Å². The third kappa shape index (κ3) is 6.16. The van der Waals surface area contributed by atoms with Crippen molar-refractivity contribution in [3.63, 3.8) is 0 Å². The number of hydrogen-bond acceptors (Lipinski definition) is 3. The van der Waals surface area contributed by atoms with Gasteiger partial charge in [-0.15, -0.1) is 11.8 Å². The fourth-order valence-corrected chi connectivity index (χ4v) is 4.72. The summed E-state index contributed by atoms with van der Waals surface area (Å²) in [6, 6.07) is 16.3. The Kier molecular flexibility index (Phi) is 7.91. The van der Waals surface area contributed by atoms with Gasteiger partial charge in [0.15, 0.2) is 0 Å². The number of nitrogens with one attached hydrogen (secondary N) is 1. The highest BCUT2D eigenvalue weighted by atomic mass is 35.5. The highest BCUT2D eigenvalue weighted by Gasteiger charge is 2.21. The Morgan fingerprint density at radius 1 is 1.14 bits per heavy atom. The van der Waals surface area contributed by atoms with E-state index in [2.05, 4.69) is 48.3 Å². The van der Waals surface area contributed by atoms with E-state index in [0.717, 1.165) is 35.9 Å². The normalized spacial score (nSPS) is 17.0. The summed E-state index contributed by atoms with van der Waals surface area (Å²) < 4.78 is 0. The average molecular weight is 431 g/mol. The molecule has 1 fully saturated rings. The number of halogens is 1. The molecule has 0 aromatic heterocycles. The summed E-state index contributed by atoms with van der Waals surface area (Å²) >= 11 is 7.54. The standard InChI is InChI=1S/C24H31ClN2OS/c1-4-23(29-22-11-7-20(25)8-12-22)24(28)26-18(3)19-5-9-21(10-6-19)27-15-13-17(2)14-16-27/h5-12,17-18,23H,4,13-16H2,1-3H3,(H,26,28)/t18-,23+/m0/s1. The molecule has 1 saturated heterocycles.